The Labute approximate surface area is 231 Å². The fraction of sp³-hybridized carbons (Fsp3) is 0.464. The van der Waals surface area contributed by atoms with Gasteiger partial charge in [0.25, 0.3) is 0 Å². The molecule has 3 heterocycles. The minimum Gasteiger partial charge on any atom is -0.487 e. The van der Waals surface area contributed by atoms with Crippen molar-refractivity contribution in [3.63, 3.8) is 0 Å². The molecule has 39 heavy (non-hydrogen) atoms. The Bertz CT molecular complexity index is 1350. The van der Waals surface area contributed by atoms with Crippen LogP contribution in [-0.2, 0) is 14.3 Å². The summed E-state index contributed by atoms with van der Waals surface area (Å²) >= 11 is 5.98. The zero-order chi connectivity index (χ0) is 27.6. The molecule has 2 saturated heterocycles. The Hall–Kier alpha value is -3.21. The first-order valence-electron chi connectivity index (χ1n) is 13.1. The highest BCUT2D eigenvalue weighted by molar-refractivity contribution is 6.31. The van der Waals surface area contributed by atoms with E-state index in [0.29, 0.717) is 53.5 Å². The number of fused-ring (bicyclic) bond motifs is 1. The van der Waals surface area contributed by atoms with Gasteiger partial charge in [-0.25, -0.2) is 14.4 Å². The van der Waals surface area contributed by atoms with Gasteiger partial charge < -0.3 is 24.3 Å². The standard InChI is InChI=1S/C28H32ClFN4O5/c1-4-25(34-13-26(35)39-28(2,3)15-34)38-24-11-19-22(12-23(24)37-14-18-6-5-9-36-18)31-16-32-27(19)33-17-7-8-21(30)20(29)10-17/h7-8,10-12,16,18,25H,4-6,9,13-15H2,1-3H3,(H,31,32,33). The molecule has 2 fully saturated rings. The average molecular weight is 559 g/mol. The van der Waals surface area contributed by atoms with E-state index in [1.54, 1.807) is 6.07 Å². The van der Waals surface area contributed by atoms with Crippen molar-refractivity contribution < 1.29 is 28.1 Å². The lowest BCUT2D eigenvalue weighted by molar-refractivity contribution is -0.177. The number of nitrogens with one attached hydrogen (secondary N) is 1. The molecule has 0 spiro atoms. The third-order valence-electron chi connectivity index (χ3n) is 6.66. The van der Waals surface area contributed by atoms with Crippen molar-refractivity contribution in [3.8, 4) is 11.5 Å². The fourth-order valence-corrected chi connectivity index (χ4v) is 5.07. The largest absolute Gasteiger partial charge is 0.487 e. The summed E-state index contributed by atoms with van der Waals surface area (Å²) in [7, 11) is 0. The van der Waals surface area contributed by atoms with Crippen LogP contribution in [0.25, 0.3) is 10.9 Å². The number of carbonyl (C=O) groups excluding carboxylic acids is 1. The number of morpholine rings is 1. The third-order valence-corrected chi connectivity index (χ3v) is 6.95. The van der Waals surface area contributed by atoms with E-state index in [1.165, 1.54) is 18.5 Å². The molecule has 0 bridgehead atoms. The number of esters is 1. The lowest BCUT2D eigenvalue weighted by atomic mass is 10.1. The number of carbonyl (C=O) groups is 1. The minimum absolute atomic E-state index is 0.000900. The van der Waals surface area contributed by atoms with E-state index in [9.17, 15) is 9.18 Å². The highest BCUT2D eigenvalue weighted by Crippen LogP contribution is 2.37. The van der Waals surface area contributed by atoms with E-state index in [-0.39, 0.29) is 23.6 Å². The SMILES string of the molecule is CCC(Oc1cc2c(Nc3ccc(F)c(Cl)c3)ncnc2cc1OCC1CCCO1)N1CC(=O)OC(C)(C)C1. The first-order valence-corrected chi connectivity index (χ1v) is 13.5. The van der Waals surface area contributed by atoms with Gasteiger partial charge in [0.1, 0.15) is 30.2 Å². The maximum Gasteiger partial charge on any atom is 0.320 e. The molecule has 3 aromatic rings. The van der Waals surface area contributed by atoms with Crippen LogP contribution in [0, 0.1) is 5.82 Å². The predicted molar refractivity (Wildman–Crippen MR) is 145 cm³/mol. The molecule has 2 aliphatic rings. The van der Waals surface area contributed by atoms with E-state index in [0.717, 1.165) is 19.4 Å². The molecule has 2 atom stereocenters. The van der Waals surface area contributed by atoms with Gasteiger partial charge in [-0.05, 0) is 57.4 Å². The van der Waals surface area contributed by atoms with Crippen molar-refractivity contribution in [2.24, 2.45) is 0 Å². The molecule has 2 unspecified atom stereocenters. The minimum atomic E-state index is -0.629. The Morgan fingerprint density at radius 3 is 2.82 bits per heavy atom. The van der Waals surface area contributed by atoms with Gasteiger partial charge in [0.2, 0.25) is 0 Å². The van der Waals surface area contributed by atoms with Gasteiger partial charge in [-0.1, -0.05) is 18.5 Å². The summed E-state index contributed by atoms with van der Waals surface area (Å²) in [5.41, 5.74) is 0.574. The number of benzene rings is 2. The van der Waals surface area contributed by atoms with Gasteiger partial charge in [-0.2, -0.15) is 0 Å². The predicted octanol–water partition coefficient (Wildman–Crippen LogP) is 5.48. The first-order chi connectivity index (χ1) is 18.7. The van der Waals surface area contributed by atoms with Crippen molar-refractivity contribution in [1.29, 1.82) is 0 Å². The van der Waals surface area contributed by atoms with Crippen LogP contribution in [0.4, 0.5) is 15.9 Å². The highest BCUT2D eigenvalue weighted by atomic mass is 35.5. The van der Waals surface area contributed by atoms with Crippen LogP contribution in [0.2, 0.25) is 5.02 Å². The molecule has 0 radical (unpaired) electrons. The summed E-state index contributed by atoms with van der Waals surface area (Å²) in [5.74, 6) is 0.700. The van der Waals surface area contributed by atoms with Crippen LogP contribution in [-0.4, -0.2) is 65.1 Å². The van der Waals surface area contributed by atoms with Gasteiger partial charge in [-0.15, -0.1) is 0 Å². The number of cyclic esters (lactones) is 1. The van der Waals surface area contributed by atoms with Crippen LogP contribution in [0.3, 0.4) is 0 Å². The Kier molecular flexibility index (Phi) is 8.06. The van der Waals surface area contributed by atoms with Gasteiger partial charge in [0, 0.05) is 30.3 Å². The smallest absolute Gasteiger partial charge is 0.320 e. The summed E-state index contributed by atoms with van der Waals surface area (Å²) in [5, 5.41) is 3.87. The van der Waals surface area contributed by atoms with E-state index in [1.807, 2.05) is 37.8 Å². The summed E-state index contributed by atoms with van der Waals surface area (Å²) in [6.45, 7) is 7.52. The molecule has 0 aliphatic carbocycles. The van der Waals surface area contributed by atoms with Crippen molar-refractivity contribution in [1.82, 2.24) is 14.9 Å². The van der Waals surface area contributed by atoms with Crippen LogP contribution >= 0.6 is 11.6 Å². The quantitative estimate of drug-likeness (QED) is 0.343. The van der Waals surface area contributed by atoms with Crippen molar-refractivity contribution >= 4 is 40.0 Å². The molecular weight excluding hydrogens is 527 g/mol. The molecule has 1 aromatic heterocycles. The number of hydrogen-bond acceptors (Lipinski definition) is 9. The molecular formula is C28H32ClFN4O5. The van der Waals surface area contributed by atoms with E-state index < -0.39 is 17.6 Å². The molecule has 208 valence electrons. The van der Waals surface area contributed by atoms with Gasteiger partial charge in [0.05, 0.1) is 23.2 Å². The molecule has 2 aliphatic heterocycles. The lowest BCUT2D eigenvalue weighted by Crippen LogP contribution is -2.55. The molecule has 5 rings (SSSR count). The molecule has 1 N–H and O–H groups in total. The summed E-state index contributed by atoms with van der Waals surface area (Å²) in [4.78, 5) is 23.1. The van der Waals surface area contributed by atoms with Gasteiger partial charge >= 0.3 is 5.97 Å². The average Bonchev–Trinajstić information content (AvgIpc) is 3.41. The Morgan fingerprint density at radius 2 is 2.10 bits per heavy atom. The van der Waals surface area contributed by atoms with E-state index in [4.69, 9.17) is 30.5 Å². The van der Waals surface area contributed by atoms with Gasteiger partial charge in [0.15, 0.2) is 17.7 Å². The summed E-state index contributed by atoms with van der Waals surface area (Å²) in [6.07, 6.45) is 3.61. The molecule has 9 nitrogen and oxygen atoms in total. The lowest BCUT2D eigenvalue weighted by Gasteiger charge is -2.40. The maximum atomic E-state index is 13.7. The third kappa shape index (κ3) is 6.51. The molecule has 0 saturated carbocycles. The second-order valence-electron chi connectivity index (χ2n) is 10.4. The maximum absolute atomic E-state index is 13.7. The zero-order valence-electron chi connectivity index (χ0n) is 22.2. The van der Waals surface area contributed by atoms with Crippen molar-refractivity contribution in [2.45, 2.75) is 58.0 Å². The van der Waals surface area contributed by atoms with Crippen molar-refractivity contribution in [3.05, 3.63) is 47.5 Å². The number of aromatic nitrogens is 2. The normalized spacial score (nSPS) is 20.0. The zero-order valence-corrected chi connectivity index (χ0v) is 23.0. The first kappa shape index (κ1) is 27.4. The Balaban J connectivity index is 1.49. The number of anilines is 2. The number of nitrogens with zero attached hydrogens (tertiary/aromatic N) is 3. The fourth-order valence-electron chi connectivity index (χ4n) is 4.89. The summed E-state index contributed by atoms with van der Waals surface area (Å²) < 4.78 is 37.7. The number of hydrogen-bond donors (Lipinski definition) is 1. The molecule has 0 amide bonds. The Morgan fingerprint density at radius 1 is 1.26 bits per heavy atom. The topological polar surface area (TPSA) is 95.0 Å². The monoisotopic (exact) mass is 558 g/mol. The molecule has 2 aromatic carbocycles. The van der Waals surface area contributed by atoms with E-state index in [2.05, 4.69) is 15.3 Å². The highest BCUT2D eigenvalue weighted by Gasteiger charge is 2.37. The van der Waals surface area contributed by atoms with Crippen LogP contribution < -0.4 is 14.8 Å². The number of ether oxygens (including phenoxy) is 4. The van der Waals surface area contributed by atoms with Crippen LogP contribution in [0.15, 0.2) is 36.7 Å². The van der Waals surface area contributed by atoms with Gasteiger partial charge in [-0.3, -0.25) is 9.69 Å². The second-order valence-corrected chi connectivity index (χ2v) is 10.8. The number of halogens is 2. The summed E-state index contributed by atoms with van der Waals surface area (Å²) in [6, 6.07) is 7.99. The van der Waals surface area contributed by atoms with Crippen LogP contribution in [0.5, 0.6) is 11.5 Å². The number of rotatable bonds is 9. The molecule has 11 heteroatoms. The second kappa shape index (κ2) is 11.5. The van der Waals surface area contributed by atoms with E-state index >= 15 is 0 Å². The van der Waals surface area contributed by atoms with Crippen molar-refractivity contribution in [2.75, 3.05) is 31.6 Å². The van der Waals surface area contributed by atoms with Crippen LogP contribution in [0.1, 0.15) is 40.0 Å².